The summed E-state index contributed by atoms with van der Waals surface area (Å²) in [6, 6.07) is 8.07. The van der Waals surface area contributed by atoms with Crippen LogP contribution in [0.25, 0.3) is 0 Å². The van der Waals surface area contributed by atoms with E-state index < -0.39 is 11.7 Å². The lowest BCUT2D eigenvalue weighted by Crippen LogP contribution is -2.44. The molecule has 1 saturated carbocycles. The number of carbonyl (C=O) groups is 1. The van der Waals surface area contributed by atoms with Crippen molar-refractivity contribution in [3.8, 4) is 0 Å². The predicted octanol–water partition coefficient (Wildman–Crippen LogP) is 5.39. The molecule has 2 N–H and O–H groups in total. The second-order valence-corrected chi connectivity index (χ2v) is 11.7. The third kappa shape index (κ3) is 5.73. The molecule has 1 saturated heterocycles. The monoisotopic (exact) mass is 571 g/mol. The van der Waals surface area contributed by atoms with Crippen LogP contribution in [-0.4, -0.2) is 72.0 Å². The van der Waals surface area contributed by atoms with Gasteiger partial charge >= 0.3 is 6.18 Å². The Morgan fingerprint density at radius 3 is 2.65 bits per heavy atom. The van der Waals surface area contributed by atoms with Gasteiger partial charge in [-0.25, -0.2) is 4.98 Å². The zero-order valence-electron chi connectivity index (χ0n) is 22.3. The van der Waals surface area contributed by atoms with Gasteiger partial charge in [0, 0.05) is 61.7 Å². The van der Waals surface area contributed by atoms with Gasteiger partial charge in [-0.1, -0.05) is 0 Å². The fourth-order valence-electron chi connectivity index (χ4n) is 5.29. The zero-order valence-corrected chi connectivity index (χ0v) is 23.1. The number of piperazine rings is 1. The van der Waals surface area contributed by atoms with Crippen molar-refractivity contribution in [2.24, 2.45) is 0 Å². The Morgan fingerprint density at radius 1 is 1.12 bits per heavy atom. The van der Waals surface area contributed by atoms with Crippen LogP contribution in [0.1, 0.15) is 51.5 Å². The highest BCUT2D eigenvalue weighted by Crippen LogP contribution is 2.45. The highest BCUT2D eigenvalue weighted by Gasteiger charge is 2.36. The lowest BCUT2D eigenvalue weighted by atomic mass is 10.1. The molecule has 4 heterocycles. The van der Waals surface area contributed by atoms with Crippen LogP contribution < -0.4 is 15.5 Å². The number of nitrogens with zero attached hydrogens (tertiary/aromatic N) is 5. The van der Waals surface area contributed by atoms with E-state index in [1.165, 1.54) is 5.69 Å². The maximum Gasteiger partial charge on any atom is 0.421 e. The summed E-state index contributed by atoms with van der Waals surface area (Å²) >= 11 is 1.55. The summed E-state index contributed by atoms with van der Waals surface area (Å²) < 4.78 is 41.3. The quantitative estimate of drug-likeness (QED) is 0.334. The molecule has 8 nitrogen and oxygen atoms in total. The van der Waals surface area contributed by atoms with Crippen molar-refractivity contribution in [2.45, 2.75) is 37.9 Å². The number of hydrogen-bond donors (Lipinski definition) is 2. The number of nitrogens with one attached hydrogen (secondary N) is 2. The van der Waals surface area contributed by atoms with Gasteiger partial charge in [0.25, 0.3) is 5.91 Å². The molecule has 12 heteroatoms. The van der Waals surface area contributed by atoms with E-state index in [0.29, 0.717) is 25.4 Å². The molecule has 0 unspecified atom stereocenters. The number of anilines is 4. The van der Waals surface area contributed by atoms with E-state index in [0.717, 1.165) is 66.9 Å². The molecule has 0 bridgehead atoms. The second-order valence-electron chi connectivity index (χ2n) is 10.7. The molecule has 212 valence electrons. The van der Waals surface area contributed by atoms with Gasteiger partial charge in [-0.3, -0.25) is 4.79 Å². The Kier molecular flexibility index (Phi) is 7.30. The second kappa shape index (κ2) is 10.9. The number of aromatic nitrogens is 2. The maximum atomic E-state index is 13.8. The van der Waals surface area contributed by atoms with E-state index >= 15 is 0 Å². The first kappa shape index (κ1) is 26.8. The van der Waals surface area contributed by atoms with E-state index in [-0.39, 0.29) is 24.2 Å². The fraction of sp³-hybridized carbons (Fsp3) is 0.464. The van der Waals surface area contributed by atoms with Gasteiger partial charge in [0.1, 0.15) is 11.4 Å². The molecule has 40 heavy (non-hydrogen) atoms. The van der Waals surface area contributed by atoms with Gasteiger partial charge in [-0.05, 0) is 67.4 Å². The summed E-state index contributed by atoms with van der Waals surface area (Å²) in [5.74, 6) is 0.258. The van der Waals surface area contributed by atoms with Gasteiger partial charge in [0.05, 0.1) is 12.1 Å². The third-order valence-electron chi connectivity index (χ3n) is 7.76. The number of rotatable bonds is 9. The van der Waals surface area contributed by atoms with Crippen molar-refractivity contribution in [3.63, 3.8) is 0 Å². The number of alkyl halides is 3. The number of carbonyl (C=O) groups excluding carboxylic acids is 1. The van der Waals surface area contributed by atoms with Crippen LogP contribution in [0.5, 0.6) is 0 Å². The highest BCUT2D eigenvalue weighted by atomic mass is 32.1. The summed E-state index contributed by atoms with van der Waals surface area (Å²) in [6.07, 6.45) is -1.09. The van der Waals surface area contributed by atoms with Crippen LogP contribution in [0, 0.1) is 0 Å². The van der Waals surface area contributed by atoms with Crippen LogP contribution in [0.15, 0.2) is 35.8 Å². The third-order valence-corrected chi connectivity index (χ3v) is 8.66. The number of halogens is 3. The predicted molar refractivity (Wildman–Crippen MR) is 151 cm³/mol. The van der Waals surface area contributed by atoms with E-state index in [2.05, 4.69) is 49.6 Å². The molecule has 6 rings (SSSR count). The normalized spacial score (nSPS) is 17.9. The van der Waals surface area contributed by atoms with Crippen molar-refractivity contribution in [1.82, 2.24) is 19.8 Å². The lowest BCUT2D eigenvalue weighted by molar-refractivity contribution is -0.137. The van der Waals surface area contributed by atoms with Crippen molar-refractivity contribution < 1.29 is 18.0 Å². The molecule has 2 aromatic heterocycles. The summed E-state index contributed by atoms with van der Waals surface area (Å²) in [5, 5.41) is 7.94. The number of thiophene rings is 1. The Morgan fingerprint density at radius 2 is 1.93 bits per heavy atom. The molecule has 3 aromatic rings. The largest absolute Gasteiger partial charge is 0.421 e. The maximum absolute atomic E-state index is 13.8. The molecular formula is C28H32F3N7OS. The first-order valence-corrected chi connectivity index (χ1v) is 14.5. The number of benzene rings is 1. The van der Waals surface area contributed by atoms with Crippen molar-refractivity contribution in [2.75, 3.05) is 61.8 Å². The van der Waals surface area contributed by atoms with E-state index in [1.807, 2.05) is 17.5 Å². The van der Waals surface area contributed by atoms with Gasteiger partial charge in [0.2, 0.25) is 5.95 Å². The molecule has 3 aliphatic rings. The van der Waals surface area contributed by atoms with E-state index in [4.69, 9.17) is 0 Å². The molecule has 1 amide bonds. The van der Waals surface area contributed by atoms with Crippen LogP contribution >= 0.6 is 11.3 Å². The Bertz CT molecular complexity index is 1380. The lowest BCUT2D eigenvalue weighted by Gasteiger charge is -2.34. The topological polar surface area (TPSA) is 76.6 Å². The summed E-state index contributed by atoms with van der Waals surface area (Å²) in [5.41, 5.74) is 2.96. The van der Waals surface area contributed by atoms with E-state index in [1.54, 1.807) is 16.2 Å². The Balaban J connectivity index is 1.14. The van der Waals surface area contributed by atoms with Crippen molar-refractivity contribution >= 4 is 40.4 Å². The standard InChI is InChI=1S/C28H32F3N7OS/c1-36-10-12-37(13-11-36)19-5-6-23(21(15-19)18-3-4-18)34-27-33-16-22(28(29,30)31)25(35-27)32-8-2-9-38-17-24-20(26(38)39)7-14-40-24/h5-7,14-16,18H,2-4,8-13,17H2,1H3,(H2,32,33,34,35). The Hall–Kier alpha value is -3.38. The summed E-state index contributed by atoms with van der Waals surface area (Å²) in [6.45, 7) is 5.20. The fourth-order valence-corrected chi connectivity index (χ4v) is 6.17. The molecule has 0 spiro atoms. The summed E-state index contributed by atoms with van der Waals surface area (Å²) in [4.78, 5) is 28.2. The first-order valence-electron chi connectivity index (χ1n) is 13.6. The minimum absolute atomic E-state index is 0.0224. The van der Waals surface area contributed by atoms with Crippen molar-refractivity contribution in [1.29, 1.82) is 0 Å². The van der Waals surface area contributed by atoms with Gasteiger partial charge in [-0.15, -0.1) is 11.3 Å². The smallest absolute Gasteiger partial charge is 0.369 e. The molecule has 0 atom stereocenters. The molecule has 2 aliphatic heterocycles. The molecule has 2 fully saturated rings. The minimum atomic E-state index is -4.59. The number of hydrogen-bond acceptors (Lipinski definition) is 8. The van der Waals surface area contributed by atoms with E-state index in [9.17, 15) is 18.0 Å². The molecule has 1 aromatic carbocycles. The number of fused-ring (bicyclic) bond motifs is 1. The van der Waals surface area contributed by atoms with Crippen molar-refractivity contribution in [3.05, 3.63) is 57.4 Å². The summed E-state index contributed by atoms with van der Waals surface area (Å²) in [7, 11) is 2.13. The average molecular weight is 572 g/mol. The van der Waals surface area contributed by atoms with Crippen LogP contribution in [0.4, 0.5) is 36.3 Å². The van der Waals surface area contributed by atoms with Crippen LogP contribution in [-0.2, 0) is 12.7 Å². The number of likely N-dealkylation sites (N-methyl/N-ethyl adjacent to an activating group) is 1. The van der Waals surface area contributed by atoms with Crippen LogP contribution in [0.2, 0.25) is 0 Å². The molecular weight excluding hydrogens is 539 g/mol. The van der Waals surface area contributed by atoms with Gasteiger partial charge in [-0.2, -0.15) is 18.2 Å². The first-order chi connectivity index (χ1) is 19.3. The molecule has 0 radical (unpaired) electrons. The SMILES string of the molecule is CN1CCN(c2ccc(Nc3ncc(C(F)(F)F)c(NCCCN4Cc5sccc5C4=O)n3)c(C3CC3)c2)CC1. The number of amides is 1. The molecule has 1 aliphatic carbocycles. The van der Waals surface area contributed by atoms with Crippen LogP contribution in [0.3, 0.4) is 0 Å². The highest BCUT2D eigenvalue weighted by molar-refractivity contribution is 7.10. The van der Waals surface area contributed by atoms with Gasteiger partial charge < -0.3 is 25.3 Å². The zero-order chi connectivity index (χ0) is 27.9. The minimum Gasteiger partial charge on any atom is -0.369 e. The Labute approximate surface area is 235 Å². The average Bonchev–Trinajstić information content (AvgIpc) is 3.60. The van der Waals surface area contributed by atoms with Gasteiger partial charge in [0.15, 0.2) is 0 Å².